The lowest BCUT2D eigenvalue weighted by atomic mass is 9.89. The summed E-state index contributed by atoms with van der Waals surface area (Å²) in [6.07, 6.45) is -27.1. The molecule has 4 aliphatic rings. The molecule has 314 valence electrons. The standard InChI is InChI=1S/C31H52O23/c1-11-14(4-32)49-30(26(19(11)41)46-7-17(37)38)53-24-15(5-33)50-28(22(44)21(24)43)52-25-16(6-34)51-29(27(23(25)45)47-8-18(39)40)48-10-31(9-35)3-13(36)20(42)12(2)54-31/h11-16,19-30,32-36,41-45H,3-10H2,1-2H3,(H,37,38)(H,39,40)/t11?,12?,13?,14?,15?,16?,19?,20?,21?,22?,23-,24+,25+,26?,27?,28-,29+,30-,31?/m0/s1. The normalized spacial score (nSPS) is 45.9. The molecule has 4 rings (SSSR count). The van der Waals surface area contributed by atoms with Crippen molar-refractivity contribution in [3.63, 3.8) is 0 Å². The molecular formula is C31H52O23. The first-order valence-corrected chi connectivity index (χ1v) is 17.3. The summed E-state index contributed by atoms with van der Waals surface area (Å²) in [6.45, 7) is -2.57. The molecule has 0 amide bonds. The fraction of sp³-hybridized carbons (Fsp3) is 0.935. The highest BCUT2D eigenvalue weighted by Gasteiger charge is 2.55. The molecule has 23 heteroatoms. The first-order chi connectivity index (χ1) is 25.5. The van der Waals surface area contributed by atoms with Crippen LogP contribution in [-0.2, 0) is 52.2 Å². The van der Waals surface area contributed by atoms with Crippen LogP contribution in [0.2, 0.25) is 0 Å². The van der Waals surface area contributed by atoms with Crippen LogP contribution >= 0.6 is 0 Å². The van der Waals surface area contributed by atoms with Gasteiger partial charge < -0.3 is 104 Å². The molecule has 19 atom stereocenters. The maximum atomic E-state index is 11.4. The summed E-state index contributed by atoms with van der Waals surface area (Å²) >= 11 is 0. The van der Waals surface area contributed by atoms with E-state index in [0.29, 0.717) is 0 Å². The van der Waals surface area contributed by atoms with Gasteiger partial charge in [0, 0.05) is 12.3 Å². The number of aliphatic hydroxyl groups excluding tert-OH is 10. The zero-order valence-corrected chi connectivity index (χ0v) is 29.4. The Balaban J connectivity index is 1.50. The summed E-state index contributed by atoms with van der Waals surface area (Å²) in [4.78, 5) is 22.6. The van der Waals surface area contributed by atoms with Crippen molar-refractivity contribution in [1.82, 2.24) is 0 Å². The van der Waals surface area contributed by atoms with Gasteiger partial charge in [-0.05, 0) is 6.92 Å². The number of aliphatic carboxylic acids is 2. The maximum absolute atomic E-state index is 11.4. The predicted molar refractivity (Wildman–Crippen MR) is 168 cm³/mol. The minimum atomic E-state index is -2.05. The van der Waals surface area contributed by atoms with Gasteiger partial charge in [0.25, 0.3) is 0 Å². The number of carbonyl (C=O) groups is 2. The second kappa shape index (κ2) is 19.6. The Morgan fingerprint density at radius 2 is 1.11 bits per heavy atom. The van der Waals surface area contributed by atoms with Gasteiger partial charge in [-0.15, -0.1) is 0 Å². The third-order valence-electron chi connectivity index (χ3n) is 9.91. The van der Waals surface area contributed by atoms with Crippen LogP contribution in [0, 0.1) is 5.92 Å². The fourth-order valence-electron chi connectivity index (χ4n) is 6.85. The lowest BCUT2D eigenvalue weighted by Gasteiger charge is -2.49. The van der Waals surface area contributed by atoms with E-state index in [1.54, 1.807) is 0 Å². The number of hydrogen-bond donors (Lipinski definition) is 12. The van der Waals surface area contributed by atoms with Crippen LogP contribution in [0.25, 0.3) is 0 Å². The summed E-state index contributed by atoms with van der Waals surface area (Å²) < 4.78 is 50.8. The van der Waals surface area contributed by atoms with Crippen molar-refractivity contribution in [2.45, 2.75) is 130 Å². The first kappa shape index (κ1) is 44.9. The van der Waals surface area contributed by atoms with Crippen molar-refractivity contribution in [2.24, 2.45) is 5.92 Å². The Hall–Kier alpha value is -1.82. The van der Waals surface area contributed by atoms with E-state index in [1.807, 2.05) is 0 Å². The number of aliphatic hydroxyl groups is 10. The second-order valence-corrected chi connectivity index (χ2v) is 13.8. The molecule has 0 radical (unpaired) electrons. The van der Waals surface area contributed by atoms with Crippen LogP contribution in [0.1, 0.15) is 20.3 Å². The van der Waals surface area contributed by atoms with Gasteiger partial charge in [-0.3, -0.25) is 0 Å². The molecule has 0 bridgehead atoms. The van der Waals surface area contributed by atoms with Gasteiger partial charge in [0.1, 0.15) is 79.9 Å². The predicted octanol–water partition coefficient (Wildman–Crippen LogP) is -6.79. The summed E-state index contributed by atoms with van der Waals surface area (Å²) in [5, 5.41) is 124. The van der Waals surface area contributed by atoms with Gasteiger partial charge >= 0.3 is 11.9 Å². The zero-order valence-electron chi connectivity index (χ0n) is 29.4. The molecule has 4 heterocycles. The topological polar surface area (TPSA) is 360 Å². The molecule has 4 aliphatic heterocycles. The van der Waals surface area contributed by atoms with Crippen molar-refractivity contribution in [2.75, 3.05) is 46.2 Å². The molecule has 4 fully saturated rings. The third-order valence-corrected chi connectivity index (χ3v) is 9.91. The lowest BCUT2D eigenvalue weighted by Crippen LogP contribution is -2.67. The molecular weight excluding hydrogens is 740 g/mol. The number of rotatable bonds is 17. The third kappa shape index (κ3) is 10.2. The van der Waals surface area contributed by atoms with Crippen LogP contribution in [0.15, 0.2) is 0 Å². The summed E-state index contributed by atoms with van der Waals surface area (Å²) in [5.74, 6) is -3.63. The highest BCUT2D eigenvalue weighted by Crippen LogP contribution is 2.36. The molecule has 0 aliphatic carbocycles. The summed E-state index contributed by atoms with van der Waals surface area (Å²) in [5.41, 5.74) is -1.58. The average molecular weight is 793 g/mol. The Bertz CT molecular complexity index is 1180. The molecule has 54 heavy (non-hydrogen) atoms. The summed E-state index contributed by atoms with van der Waals surface area (Å²) in [7, 11) is 0. The van der Waals surface area contributed by atoms with Gasteiger partial charge in [-0.1, -0.05) is 6.92 Å². The van der Waals surface area contributed by atoms with Crippen LogP contribution in [0.5, 0.6) is 0 Å². The molecule has 0 aromatic rings. The Morgan fingerprint density at radius 1 is 0.611 bits per heavy atom. The molecule has 23 nitrogen and oxygen atoms in total. The van der Waals surface area contributed by atoms with E-state index in [1.165, 1.54) is 13.8 Å². The molecule has 0 spiro atoms. The highest BCUT2D eigenvalue weighted by atomic mass is 16.8. The van der Waals surface area contributed by atoms with Crippen LogP contribution in [0.3, 0.4) is 0 Å². The van der Waals surface area contributed by atoms with Gasteiger partial charge in [-0.2, -0.15) is 0 Å². The van der Waals surface area contributed by atoms with Crippen molar-refractivity contribution in [1.29, 1.82) is 0 Å². The van der Waals surface area contributed by atoms with Gasteiger partial charge in [-0.25, -0.2) is 9.59 Å². The Kier molecular flexibility index (Phi) is 16.3. The smallest absolute Gasteiger partial charge is 0.329 e. The molecule has 0 saturated carbocycles. The van der Waals surface area contributed by atoms with E-state index < -0.39 is 174 Å². The van der Waals surface area contributed by atoms with Gasteiger partial charge in [0.15, 0.2) is 18.9 Å². The fourth-order valence-corrected chi connectivity index (χ4v) is 6.85. The molecule has 4 saturated heterocycles. The molecule has 0 aromatic carbocycles. The number of carboxylic acids is 2. The van der Waals surface area contributed by atoms with Crippen LogP contribution in [-0.4, -0.2) is 229 Å². The summed E-state index contributed by atoms with van der Waals surface area (Å²) in [6, 6.07) is 0. The van der Waals surface area contributed by atoms with Crippen LogP contribution < -0.4 is 0 Å². The number of ether oxygens (including phenoxy) is 9. The Morgan fingerprint density at radius 3 is 1.63 bits per heavy atom. The SMILES string of the molecule is CC1OC(CO)(CO[C@@H]2OC(CO)[C@@H](O[C@@H]3OC(CO)[C@@H](O[C@@H]4OC(CO)C(C)C(O)C4OCC(=O)O)C(O)C3O)[C@H](O)C2OCC(=O)O)CC(O)C1O. The van der Waals surface area contributed by atoms with E-state index in [-0.39, 0.29) is 6.42 Å². The van der Waals surface area contributed by atoms with Gasteiger partial charge in [0.05, 0.1) is 57.5 Å². The van der Waals surface area contributed by atoms with Crippen molar-refractivity contribution >= 4 is 11.9 Å². The maximum Gasteiger partial charge on any atom is 0.329 e. The van der Waals surface area contributed by atoms with Gasteiger partial charge in [0.2, 0.25) is 0 Å². The Labute approximate surface area is 308 Å². The number of carboxylic acid groups (broad SMARTS) is 2. The van der Waals surface area contributed by atoms with Crippen molar-refractivity contribution < 1.29 is 113 Å². The van der Waals surface area contributed by atoms with E-state index in [4.69, 9.17) is 47.7 Å². The quantitative estimate of drug-likeness (QED) is 0.0651. The minimum absolute atomic E-state index is 0.291. The van der Waals surface area contributed by atoms with E-state index in [9.17, 15) is 65.8 Å². The largest absolute Gasteiger partial charge is 0.480 e. The minimum Gasteiger partial charge on any atom is -0.480 e. The molecule has 13 unspecified atom stereocenters. The van der Waals surface area contributed by atoms with E-state index >= 15 is 0 Å². The second-order valence-electron chi connectivity index (χ2n) is 13.8. The van der Waals surface area contributed by atoms with E-state index in [0.717, 1.165) is 0 Å². The zero-order chi connectivity index (χ0) is 40.1. The monoisotopic (exact) mass is 792 g/mol. The first-order valence-electron chi connectivity index (χ1n) is 17.3. The molecule has 12 N–H and O–H groups in total. The van der Waals surface area contributed by atoms with Crippen LogP contribution in [0.4, 0.5) is 0 Å². The number of hydrogen-bond acceptors (Lipinski definition) is 21. The lowest BCUT2D eigenvalue weighted by molar-refractivity contribution is -0.382. The molecule has 0 aromatic heterocycles. The van der Waals surface area contributed by atoms with E-state index in [2.05, 4.69) is 0 Å². The van der Waals surface area contributed by atoms with Crippen molar-refractivity contribution in [3.8, 4) is 0 Å². The average Bonchev–Trinajstić information content (AvgIpc) is 3.13. The van der Waals surface area contributed by atoms with Crippen molar-refractivity contribution in [3.05, 3.63) is 0 Å². The highest BCUT2D eigenvalue weighted by molar-refractivity contribution is 5.68.